The molecule has 1 aliphatic rings. The molecule has 0 aliphatic carbocycles. The summed E-state index contributed by atoms with van der Waals surface area (Å²) in [4.78, 5) is 17.5. The van der Waals surface area contributed by atoms with E-state index in [0.717, 1.165) is 52.3 Å². The van der Waals surface area contributed by atoms with Gasteiger partial charge in [0.15, 0.2) is 0 Å². The van der Waals surface area contributed by atoms with Crippen molar-refractivity contribution in [1.82, 2.24) is 9.80 Å². The highest BCUT2D eigenvalue weighted by atomic mass is 79.9. The minimum Gasteiger partial charge on any atom is -0.337 e. The highest BCUT2D eigenvalue weighted by Gasteiger charge is 2.22. The quantitative estimate of drug-likeness (QED) is 0.684. The fourth-order valence-corrected chi connectivity index (χ4v) is 4.37. The molecular weight excluding hydrogens is 415 g/mol. The maximum absolute atomic E-state index is 12.4. The topological polar surface area (TPSA) is 23.6 Å². The zero-order chi connectivity index (χ0) is 13.8. The van der Waals surface area contributed by atoms with Crippen molar-refractivity contribution in [3.8, 4) is 0 Å². The smallest absolute Gasteiger partial charge is 0.264 e. The number of halogens is 3. The van der Waals surface area contributed by atoms with Crippen LogP contribution in [0.25, 0.3) is 0 Å². The predicted molar refractivity (Wildman–Crippen MR) is 87.4 cm³/mol. The molecule has 1 amide bonds. The lowest BCUT2D eigenvalue weighted by Crippen LogP contribution is -2.35. The number of thiophene rings is 1. The molecule has 1 aliphatic heterocycles. The van der Waals surface area contributed by atoms with E-state index in [1.807, 2.05) is 11.0 Å². The number of alkyl halides is 1. The first-order valence-electron chi connectivity index (χ1n) is 6.14. The minimum absolute atomic E-state index is 0.129. The zero-order valence-corrected chi connectivity index (χ0v) is 15.1. The standard InChI is InChI=1S/C12H15Br2ClN2OS/c13-9-8-10(19-11(9)14)12(18)17-4-1-3-16(5-2-15)6-7-17/h8H,1-7H2. The average Bonchev–Trinajstić information content (AvgIpc) is 2.61. The van der Waals surface area contributed by atoms with E-state index in [1.54, 1.807) is 0 Å². The van der Waals surface area contributed by atoms with E-state index in [-0.39, 0.29) is 5.91 Å². The summed E-state index contributed by atoms with van der Waals surface area (Å²) in [7, 11) is 0. The van der Waals surface area contributed by atoms with Gasteiger partial charge in [0.2, 0.25) is 0 Å². The van der Waals surface area contributed by atoms with Gasteiger partial charge in [0, 0.05) is 36.5 Å². The van der Waals surface area contributed by atoms with Gasteiger partial charge in [-0.1, -0.05) is 0 Å². The summed E-state index contributed by atoms with van der Waals surface area (Å²) in [6.45, 7) is 4.44. The molecule has 0 saturated carbocycles. The number of nitrogens with zero attached hydrogens (tertiary/aromatic N) is 2. The number of rotatable bonds is 3. The van der Waals surface area contributed by atoms with Crippen molar-refractivity contribution in [2.24, 2.45) is 0 Å². The van der Waals surface area contributed by atoms with E-state index in [1.165, 1.54) is 11.3 Å². The van der Waals surface area contributed by atoms with E-state index in [0.29, 0.717) is 5.88 Å². The lowest BCUT2D eigenvalue weighted by Gasteiger charge is -2.20. The summed E-state index contributed by atoms with van der Waals surface area (Å²) in [5.74, 6) is 0.780. The van der Waals surface area contributed by atoms with Gasteiger partial charge in [0.1, 0.15) is 0 Å². The number of carbonyl (C=O) groups excluding carboxylic acids is 1. The molecule has 3 nitrogen and oxygen atoms in total. The van der Waals surface area contributed by atoms with Crippen LogP contribution in [-0.2, 0) is 0 Å². The van der Waals surface area contributed by atoms with Crippen LogP contribution in [0, 0.1) is 0 Å². The first-order chi connectivity index (χ1) is 9.11. The van der Waals surface area contributed by atoms with Crippen LogP contribution in [-0.4, -0.2) is 54.3 Å². The van der Waals surface area contributed by atoms with Crippen LogP contribution in [0.5, 0.6) is 0 Å². The normalized spacial score (nSPS) is 17.5. The molecule has 2 rings (SSSR count). The molecule has 1 aromatic rings. The molecule has 0 radical (unpaired) electrons. The van der Waals surface area contributed by atoms with Gasteiger partial charge in [-0.05, 0) is 50.9 Å². The van der Waals surface area contributed by atoms with Crippen LogP contribution < -0.4 is 0 Å². The Kier molecular flexibility index (Phi) is 6.14. The third-order valence-corrected chi connectivity index (χ3v) is 6.55. The second-order valence-corrected chi connectivity index (χ2v) is 8.01. The average molecular weight is 431 g/mol. The van der Waals surface area contributed by atoms with Crippen molar-refractivity contribution < 1.29 is 4.79 Å². The predicted octanol–water partition coefficient (Wildman–Crippen LogP) is 3.66. The molecule has 1 saturated heterocycles. The monoisotopic (exact) mass is 428 g/mol. The summed E-state index contributed by atoms with van der Waals surface area (Å²) < 4.78 is 1.91. The summed E-state index contributed by atoms with van der Waals surface area (Å²) in [5.41, 5.74) is 0. The van der Waals surface area contributed by atoms with Gasteiger partial charge in [-0.25, -0.2) is 0 Å². The third-order valence-electron chi connectivity index (χ3n) is 3.13. The van der Waals surface area contributed by atoms with E-state index in [4.69, 9.17) is 11.6 Å². The summed E-state index contributed by atoms with van der Waals surface area (Å²) in [5, 5.41) is 0. The Bertz CT molecular complexity index is 435. The van der Waals surface area contributed by atoms with Gasteiger partial charge < -0.3 is 9.80 Å². The lowest BCUT2D eigenvalue weighted by atomic mass is 10.3. The van der Waals surface area contributed by atoms with Gasteiger partial charge >= 0.3 is 0 Å². The molecule has 1 fully saturated rings. The number of hydrogen-bond donors (Lipinski definition) is 0. The second-order valence-electron chi connectivity index (χ2n) is 4.41. The summed E-state index contributed by atoms with van der Waals surface area (Å²) in [6, 6.07) is 1.89. The van der Waals surface area contributed by atoms with Crippen molar-refractivity contribution in [3.05, 3.63) is 19.2 Å². The highest BCUT2D eigenvalue weighted by molar-refractivity contribution is 9.13. The van der Waals surface area contributed by atoms with Crippen molar-refractivity contribution >= 4 is 60.7 Å². The van der Waals surface area contributed by atoms with E-state index in [9.17, 15) is 4.79 Å². The SMILES string of the molecule is O=C(c1cc(Br)c(Br)s1)N1CCCN(CCCl)CC1. The number of hydrogen-bond acceptors (Lipinski definition) is 3. The van der Waals surface area contributed by atoms with Crippen LogP contribution in [0.1, 0.15) is 16.1 Å². The Labute approximate surface area is 139 Å². The second kappa shape index (κ2) is 7.41. The third kappa shape index (κ3) is 4.17. The van der Waals surface area contributed by atoms with Crippen molar-refractivity contribution in [1.29, 1.82) is 0 Å². The van der Waals surface area contributed by atoms with E-state index in [2.05, 4.69) is 36.8 Å². The molecule has 19 heavy (non-hydrogen) atoms. The zero-order valence-electron chi connectivity index (χ0n) is 10.4. The molecule has 0 unspecified atom stereocenters. The van der Waals surface area contributed by atoms with Gasteiger partial charge in [-0.15, -0.1) is 22.9 Å². The molecule has 7 heteroatoms. The fraction of sp³-hybridized carbons (Fsp3) is 0.583. The molecule has 1 aromatic heterocycles. The van der Waals surface area contributed by atoms with Crippen LogP contribution in [0.15, 0.2) is 14.3 Å². The van der Waals surface area contributed by atoms with Gasteiger partial charge in [-0.3, -0.25) is 4.79 Å². The molecule has 0 spiro atoms. The number of amides is 1. The van der Waals surface area contributed by atoms with Crippen LogP contribution in [0.4, 0.5) is 0 Å². The minimum atomic E-state index is 0.129. The molecule has 0 aromatic carbocycles. The first-order valence-corrected chi connectivity index (χ1v) is 9.08. The Balaban J connectivity index is 1.99. The lowest BCUT2D eigenvalue weighted by molar-refractivity contribution is 0.0766. The first kappa shape index (κ1) is 15.8. The molecule has 0 bridgehead atoms. The Hall–Kier alpha value is 0.380. The fourth-order valence-electron chi connectivity index (χ4n) is 2.12. The maximum Gasteiger partial charge on any atom is 0.264 e. The van der Waals surface area contributed by atoms with Gasteiger partial charge in [0.05, 0.1) is 8.66 Å². The Morgan fingerprint density at radius 2 is 2.11 bits per heavy atom. The Morgan fingerprint density at radius 3 is 2.74 bits per heavy atom. The molecule has 106 valence electrons. The molecular formula is C12H15Br2ClN2OS. The van der Waals surface area contributed by atoms with Crippen molar-refractivity contribution in [2.45, 2.75) is 6.42 Å². The largest absolute Gasteiger partial charge is 0.337 e. The van der Waals surface area contributed by atoms with Crippen molar-refractivity contribution in [2.75, 3.05) is 38.6 Å². The van der Waals surface area contributed by atoms with Gasteiger partial charge in [0.25, 0.3) is 5.91 Å². The summed E-state index contributed by atoms with van der Waals surface area (Å²) in [6.07, 6.45) is 1.01. The molecule has 0 N–H and O–H groups in total. The molecule has 2 heterocycles. The van der Waals surface area contributed by atoms with Gasteiger partial charge in [-0.2, -0.15) is 0 Å². The highest BCUT2D eigenvalue weighted by Crippen LogP contribution is 2.33. The number of carbonyl (C=O) groups is 1. The maximum atomic E-state index is 12.4. The van der Waals surface area contributed by atoms with E-state index >= 15 is 0 Å². The van der Waals surface area contributed by atoms with E-state index < -0.39 is 0 Å². The van der Waals surface area contributed by atoms with Crippen molar-refractivity contribution in [3.63, 3.8) is 0 Å². The summed E-state index contributed by atoms with van der Waals surface area (Å²) >= 11 is 14.1. The molecule has 0 atom stereocenters. The van der Waals surface area contributed by atoms with Crippen LogP contribution >= 0.6 is 54.8 Å². The van der Waals surface area contributed by atoms with Crippen LogP contribution in [0.2, 0.25) is 0 Å². The van der Waals surface area contributed by atoms with Crippen LogP contribution in [0.3, 0.4) is 0 Å². The Morgan fingerprint density at radius 1 is 1.32 bits per heavy atom.